The number of aliphatic hydroxyl groups is 1. The minimum atomic E-state index is -0.943. The van der Waals surface area contributed by atoms with E-state index < -0.39 is 6.23 Å². The highest BCUT2D eigenvalue weighted by Crippen LogP contribution is 2.31. The molecule has 3 aromatic rings. The molecule has 0 saturated carbocycles. The first kappa shape index (κ1) is 18.0. The first-order valence-corrected chi connectivity index (χ1v) is 8.78. The van der Waals surface area contributed by atoms with Crippen LogP contribution in [0.4, 0.5) is 21.8 Å². The van der Waals surface area contributed by atoms with E-state index >= 15 is 0 Å². The van der Waals surface area contributed by atoms with E-state index in [9.17, 15) is 14.3 Å². The molecule has 2 heterocycles. The van der Waals surface area contributed by atoms with Gasteiger partial charge in [0.25, 0.3) is 5.56 Å². The predicted molar refractivity (Wildman–Crippen MR) is 104 cm³/mol. The Hall–Kier alpha value is -3.39. The Labute approximate surface area is 160 Å². The van der Waals surface area contributed by atoms with Gasteiger partial charge in [0.1, 0.15) is 23.6 Å². The molecule has 1 aliphatic rings. The number of nitrogens with zero attached hydrogens (tertiary/aromatic N) is 1. The van der Waals surface area contributed by atoms with E-state index in [-0.39, 0.29) is 23.2 Å². The Balaban J connectivity index is 1.59. The summed E-state index contributed by atoms with van der Waals surface area (Å²) in [5.41, 5.74) is 1.61. The number of hydrogen-bond acceptors (Lipinski definition) is 6. The van der Waals surface area contributed by atoms with Gasteiger partial charge in [0.2, 0.25) is 5.95 Å². The van der Waals surface area contributed by atoms with Gasteiger partial charge in [-0.3, -0.25) is 9.78 Å². The molecule has 7 nitrogen and oxygen atoms in total. The minimum absolute atomic E-state index is 0.258. The quantitative estimate of drug-likeness (QED) is 0.554. The standard InChI is InChI=1S/C20H19FN4O3/c1-28-14-8-6-13(7-9-14)22-20-24-17-16(19(27)25-20)10-15(18(26)23-17)11-2-4-12(21)5-3-11/h2-9,15,18,26H,10H2,1H3,(H3,22,23,24,25,27). The van der Waals surface area contributed by atoms with E-state index in [2.05, 4.69) is 20.6 Å². The predicted octanol–water partition coefficient (Wildman–Crippen LogP) is 2.73. The molecule has 0 radical (unpaired) electrons. The third-order valence-electron chi connectivity index (χ3n) is 4.76. The van der Waals surface area contributed by atoms with Crippen LogP contribution in [0.2, 0.25) is 0 Å². The highest BCUT2D eigenvalue weighted by molar-refractivity contribution is 5.58. The van der Waals surface area contributed by atoms with Gasteiger partial charge in [-0.1, -0.05) is 12.1 Å². The van der Waals surface area contributed by atoms with Crippen molar-refractivity contribution >= 4 is 17.5 Å². The fourth-order valence-electron chi connectivity index (χ4n) is 3.26. The summed E-state index contributed by atoms with van der Waals surface area (Å²) < 4.78 is 18.3. The molecule has 2 unspecified atom stereocenters. The second-order valence-corrected chi connectivity index (χ2v) is 6.55. The number of hydrogen-bond donors (Lipinski definition) is 4. The van der Waals surface area contributed by atoms with E-state index in [0.29, 0.717) is 23.6 Å². The molecule has 0 spiro atoms. The maximum absolute atomic E-state index is 13.2. The van der Waals surface area contributed by atoms with Crippen LogP contribution >= 0.6 is 0 Å². The number of nitrogens with one attached hydrogen (secondary N) is 3. The average molecular weight is 382 g/mol. The summed E-state index contributed by atoms with van der Waals surface area (Å²) in [6.45, 7) is 0. The molecule has 0 aliphatic carbocycles. The number of ether oxygens (including phenoxy) is 1. The second kappa shape index (κ2) is 7.32. The zero-order chi connectivity index (χ0) is 19.7. The lowest BCUT2D eigenvalue weighted by Crippen LogP contribution is -2.37. The van der Waals surface area contributed by atoms with Crippen LogP contribution in [0, 0.1) is 5.82 Å². The number of rotatable bonds is 4. The molecule has 28 heavy (non-hydrogen) atoms. The molecule has 0 bridgehead atoms. The monoisotopic (exact) mass is 382 g/mol. The highest BCUT2D eigenvalue weighted by Gasteiger charge is 2.30. The Morgan fingerprint density at radius 3 is 2.57 bits per heavy atom. The molecule has 144 valence electrons. The minimum Gasteiger partial charge on any atom is -0.497 e. The number of aliphatic hydroxyl groups excluding tert-OH is 1. The van der Waals surface area contributed by atoms with Crippen molar-refractivity contribution in [2.45, 2.75) is 18.6 Å². The molecule has 0 saturated heterocycles. The van der Waals surface area contributed by atoms with Crippen LogP contribution in [0.1, 0.15) is 17.0 Å². The average Bonchev–Trinajstić information content (AvgIpc) is 2.69. The molecule has 8 heteroatoms. The van der Waals surface area contributed by atoms with Gasteiger partial charge < -0.3 is 20.5 Å². The molecule has 2 atom stereocenters. The lowest BCUT2D eigenvalue weighted by Gasteiger charge is -2.30. The highest BCUT2D eigenvalue weighted by atomic mass is 19.1. The van der Waals surface area contributed by atoms with Crippen molar-refractivity contribution in [1.82, 2.24) is 9.97 Å². The van der Waals surface area contributed by atoms with Gasteiger partial charge in [-0.25, -0.2) is 4.39 Å². The van der Waals surface area contributed by atoms with Crippen molar-refractivity contribution in [2.24, 2.45) is 0 Å². The van der Waals surface area contributed by atoms with Crippen LogP contribution in [0.25, 0.3) is 0 Å². The number of anilines is 3. The second-order valence-electron chi connectivity index (χ2n) is 6.55. The maximum atomic E-state index is 13.2. The normalized spacial score (nSPS) is 18.1. The summed E-state index contributed by atoms with van der Waals surface area (Å²) in [7, 11) is 1.58. The molecule has 1 aromatic heterocycles. The zero-order valence-corrected chi connectivity index (χ0v) is 15.1. The van der Waals surface area contributed by atoms with Crippen LogP contribution in [0.5, 0.6) is 5.75 Å². The third kappa shape index (κ3) is 3.54. The van der Waals surface area contributed by atoms with Gasteiger partial charge in [0.15, 0.2) is 0 Å². The van der Waals surface area contributed by atoms with E-state index in [0.717, 1.165) is 11.3 Å². The smallest absolute Gasteiger partial charge is 0.257 e. The largest absolute Gasteiger partial charge is 0.497 e. The molecule has 1 aliphatic heterocycles. The van der Waals surface area contributed by atoms with E-state index in [4.69, 9.17) is 4.74 Å². The lowest BCUT2D eigenvalue weighted by atomic mass is 9.88. The molecule has 4 rings (SSSR count). The third-order valence-corrected chi connectivity index (χ3v) is 4.76. The van der Waals surface area contributed by atoms with Crippen LogP contribution in [-0.2, 0) is 6.42 Å². The number of aromatic amines is 1. The van der Waals surface area contributed by atoms with Crippen molar-refractivity contribution < 1.29 is 14.2 Å². The Kier molecular flexibility index (Phi) is 4.70. The molecule has 0 fully saturated rings. The van der Waals surface area contributed by atoms with Crippen LogP contribution in [-0.4, -0.2) is 28.4 Å². The molecule has 4 N–H and O–H groups in total. The van der Waals surface area contributed by atoms with Crippen molar-refractivity contribution in [2.75, 3.05) is 17.7 Å². The summed E-state index contributed by atoms with van der Waals surface area (Å²) in [6, 6.07) is 13.1. The summed E-state index contributed by atoms with van der Waals surface area (Å²) >= 11 is 0. The first-order valence-electron chi connectivity index (χ1n) is 8.78. The van der Waals surface area contributed by atoms with E-state index in [1.54, 1.807) is 43.5 Å². The van der Waals surface area contributed by atoms with Crippen molar-refractivity contribution in [3.63, 3.8) is 0 Å². The SMILES string of the molecule is COc1ccc(Nc2nc3c(c(=O)[nH]2)CC(c2ccc(F)cc2)C(O)N3)cc1. The summed E-state index contributed by atoms with van der Waals surface area (Å²) in [5, 5.41) is 16.4. The number of H-pyrrole nitrogens is 1. The zero-order valence-electron chi connectivity index (χ0n) is 15.1. The number of methoxy groups -OCH3 is 1. The van der Waals surface area contributed by atoms with Gasteiger partial charge in [-0.2, -0.15) is 4.98 Å². The summed E-state index contributed by atoms with van der Waals surface area (Å²) in [4.78, 5) is 19.7. The lowest BCUT2D eigenvalue weighted by molar-refractivity contribution is 0.164. The molecular weight excluding hydrogens is 363 g/mol. The Bertz CT molecular complexity index is 1030. The van der Waals surface area contributed by atoms with Gasteiger partial charge in [-0.05, 0) is 48.4 Å². The Morgan fingerprint density at radius 1 is 1.18 bits per heavy atom. The number of halogens is 1. The Morgan fingerprint density at radius 2 is 1.89 bits per heavy atom. The van der Waals surface area contributed by atoms with Gasteiger partial charge >= 0.3 is 0 Å². The topological polar surface area (TPSA) is 99.3 Å². The van der Waals surface area contributed by atoms with Gasteiger partial charge in [0.05, 0.1) is 12.7 Å². The van der Waals surface area contributed by atoms with Crippen LogP contribution in [0.15, 0.2) is 53.3 Å². The van der Waals surface area contributed by atoms with Gasteiger partial charge in [-0.15, -0.1) is 0 Å². The molecular formula is C20H19FN4O3. The molecule has 0 amide bonds. The van der Waals surface area contributed by atoms with E-state index in [1.807, 2.05) is 0 Å². The molecule has 2 aromatic carbocycles. The summed E-state index contributed by atoms with van der Waals surface area (Å²) in [5.74, 6) is 0.570. The fourth-order valence-corrected chi connectivity index (χ4v) is 3.26. The fraction of sp³-hybridized carbons (Fsp3) is 0.200. The maximum Gasteiger partial charge on any atom is 0.257 e. The van der Waals surface area contributed by atoms with Crippen molar-refractivity contribution in [3.8, 4) is 5.75 Å². The van der Waals surface area contributed by atoms with Crippen molar-refractivity contribution in [1.29, 1.82) is 0 Å². The van der Waals surface area contributed by atoms with Crippen LogP contribution in [0.3, 0.4) is 0 Å². The van der Waals surface area contributed by atoms with Crippen LogP contribution < -0.4 is 20.9 Å². The summed E-state index contributed by atoms with van der Waals surface area (Å²) in [6.07, 6.45) is -0.651. The number of fused-ring (bicyclic) bond motifs is 1. The number of benzene rings is 2. The van der Waals surface area contributed by atoms with E-state index in [1.165, 1.54) is 12.1 Å². The van der Waals surface area contributed by atoms with Gasteiger partial charge in [0, 0.05) is 11.6 Å². The van der Waals surface area contributed by atoms with Crippen molar-refractivity contribution in [3.05, 3.63) is 75.8 Å². The first-order chi connectivity index (χ1) is 13.5. The number of aromatic nitrogens is 2.